The molecule has 0 bridgehead atoms. The third-order valence-corrected chi connectivity index (χ3v) is 3.70. The summed E-state index contributed by atoms with van der Waals surface area (Å²) in [4.78, 5) is 12.0. The van der Waals surface area contributed by atoms with E-state index in [2.05, 4.69) is 36.8 Å². The zero-order valence-electron chi connectivity index (χ0n) is 12.7. The molecule has 0 fully saturated rings. The van der Waals surface area contributed by atoms with E-state index >= 15 is 0 Å². The number of furan rings is 1. The molecule has 24 heavy (non-hydrogen) atoms. The highest BCUT2D eigenvalue weighted by Gasteiger charge is 2.06. The molecule has 2 heterocycles. The van der Waals surface area contributed by atoms with Crippen LogP contribution in [0.25, 0.3) is 0 Å². The molecular weight excluding hydrogens is 372 g/mol. The van der Waals surface area contributed by atoms with Crippen molar-refractivity contribution in [1.29, 1.82) is 0 Å². The molecule has 0 unspecified atom stereocenters. The van der Waals surface area contributed by atoms with E-state index in [0.29, 0.717) is 18.2 Å². The van der Waals surface area contributed by atoms with Crippen LogP contribution >= 0.6 is 15.9 Å². The minimum absolute atomic E-state index is 0.140. The third kappa shape index (κ3) is 4.66. The largest absolute Gasteiger partial charge is 0.467 e. The van der Waals surface area contributed by atoms with E-state index in [9.17, 15) is 4.79 Å². The Balaban J connectivity index is 1.52. The van der Waals surface area contributed by atoms with Crippen LogP contribution in [0.4, 0.5) is 11.6 Å². The van der Waals surface area contributed by atoms with Crippen molar-refractivity contribution in [3.8, 4) is 0 Å². The van der Waals surface area contributed by atoms with Gasteiger partial charge in [-0.15, -0.1) is 10.2 Å². The molecule has 3 aromatic rings. The Bertz CT molecular complexity index is 804. The smallest absolute Gasteiger partial charge is 0.229 e. The van der Waals surface area contributed by atoms with E-state index in [1.54, 1.807) is 18.4 Å². The van der Waals surface area contributed by atoms with Gasteiger partial charge >= 0.3 is 0 Å². The lowest BCUT2D eigenvalue weighted by Gasteiger charge is -2.06. The maximum atomic E-state index is 12.0. The molecule has 3 rings (SSSR count). The molecule has 0 saturated heterocycles. The quantitative estimate of drug-likeness (QED) is 0.675. The van der Waals surface area contributed by atoms with Crippen LogP contribution in [0.15, 0.2) is 63.7 Å². The molecule has 1 amide bonds. The van der Waals surface area contributed by atoms with Crippen molar-refractivity contribution in [2.45, 2.75) is 13.0 Å². The van der Waals surface area contributed by atoms with Crippen molar-refractivity contribution in [3.63, 3.8) is 0 Å². The molecule has 2 N–H and O–H groups in total. The first-order valence-electron chi connectivity index (χ1n) is 7.33. The Morgan fingerprint density at radius 2 is 1.92 bits per heavy atom. The zero-order chi connectivity index (χ0) is 16.8. The molecule has 0 atom stereocenters. The molecule has 2 aromatic heterocycles. The Labute approximate surface area is 147 Å². The summed E-state index contributed by atoms with van der Waals surface area (Å²) >= 11 is 3.39. The highest BCUT2D eigenvalue weighted by Crippen LogP contribution is 2.13. The molecular formula is C17H15BrN4O2. The first-order chi connectivity index (χ1) is 11.7. The van der Waals surface area contributed by atoms with Gasteiger partial charge in [0.15, 0.2) is 5.82 Å². The fourth-order valence-corrected chi connectivity index (χ4v) is 2.55. The summed E-state index contributed by atoms with van der Waals surface area (Å²) in [6.07, 6.45) is 1.90. The van der Waals surface area contributed by atoms with E-state index in [-0.39, 0.29) is 12.3 Å². The first-order valence-corrected chi connectivity index (χ1v) is 8.12. The van der Waals surface area contributed by atoms with Gasteiger partial charge in [-0.05, 0) is 42.0 Å². The van der Waals surface area contributed by atoms with E-state index in [1.807, 2.05) is 36.4 Å². The second kappa shape index (κ2) is 7.74. The molecule has 1 aromatic carbocycles. The summed E-state index contributed by atoms with van der Waals surface area (Å²) < 4.78 is 6.17. The Kier molecular flexibility index (Phi) is 5.22. The van der Waals surface area contributed by atoms with E-state index in [1.165, 1.54) is 0 Å². The topological polar surface area (TPSA) is 80.0 Å². The van der Waals surface area contributed by atoms with Crippen LogP contribution in [0.2, 0.25) is 0 Å². The van der Waals surface area contributed by atoms with Gasteiger partial charge in [-0.2, -0.15) is 0 Å². The Morgan fingerprint density at radius 1 is 1.08 bits per heavy atom. The van der Waals surface area contributed by atoms with Gasteiger partial charge in [-0.3, -0.25) is 4.79 Å². The number of anilines is 2. The molecule has 6 nitrogen and oxygen atoms in total. The SMILES string of the molecule is O=C(Cc1cccc(Br)c1)Nc1ccc(NCc2ccco2)nn1. The maximum Gasteiger partial charge on any atom is 0.229 e. The fraction of sp³-hybridized carbons (Fsp3) is 0.118. The predicted octanol–water partition coefficient (Wildman–Crippen LogP) is 3.63. The van der Waals surface area contributed by atoms with Gasteiger partial charge < -0.3 is 15.1 Å². The maximum absolute atomic E-state index is 12.0. The Hall–Kier alpha value is -2.67. The molecule has 0 saturated carbocycles. The number of carbonyl (C=O) groups is 1. The number of nitrogens with zero attached hydrogens (tertiary/aromatic N) is 2. The predicted molar refractivity (Wildman–Crippen MR) is 94.5 cm³/mol. The van der Waals surface area contributed by atoms with E-state index in [0.717, 1.165) is 15.8 Å². The van der Waals surface area contributed by atoms with Gasteiger partial charge in [-0.1, -0.05) is 28.1 Å². The molecule has 122 valence electrons. The lowest BCUT2D eigenvalue weighted by Crippen LogP contribution is -2.15. The normalized spacial score (nSPS) is 10.4. The number of halogens is 1. The summed E-state index contributed by atoms with van der Waals surface area (Å²) in [6, 6.07) is 14.8. The van der Waals surface area contributed by atoms with Crippen molar-refractivity contribution in [1.82, 2.24) is 10.2 Å². The highest BCUT2D eigenvalue weighted by atomic mass is 79.9. The minimum atomic E-state index is -0.140. The highest BCUT2D eigenvalue weighted by molar-refractivity contribution is 9.10. The monoisotopic (exact) mass is 386 g/mol. The van der Waals surface area contributed by atoms with Gasteiger partial charge in [0.25, 0.3) is 0 Å². The van der Waals surface area contributed by atoms with E-state index in [4.69, 9.17) is 4.42 Å². The molecule has 0 aliphatic heterocycles. The zero-order valence-corrected chi connectivity index (χ0v) is 14.3. The molecule has 0 radical (unpaired) electrons. The molecule has 0 aliphatic carbocycles. The first kappa shape index (κ1) is 16.2. The van der Waals surface area contributed by atoms with Crippen molar-refractivity contribution in [2.75, 3.05) is 10.6 Å². The van der Waals surface area contributed by atoms with Gasteiger partial charge in [-0.25, -0.2) is 0 Å². The number of amides is 1. The second-order valence-corrected chi connectivity index (χ2v) is 6.01. The van der Waals surface area contributed by atoms with Crippen molar-refractivity contribution in [3.05, 3.63) is 70.6 Å². The van der Waals surface area contributed by atoms with Gasteiger partial charge in [0, 0.05) is 4.47 Å². The average Bonchev–Trinajstić information content (AvgIpc) is 3.07. The van der Waals surface area contributed by atoms with Crippen LogP contribution in [0, 0.1) is 0 Å². The van der Waals surface area contributed by atoms with Gasteiger partial charge in [0.1, 0.15) is 11.6 Å². The summed E-state index contributed by atoms with van der Waals surface area (Å²) in [5, 5.41) is 13.8. The Morgan fingerprint density at radius 3 is 2.62 bits per heavy atom. The average molecular weight is 387 g/mol. The minimum Gasteiger partial charge on any atom is -0.467 e. The van der Waals surface area contributed by atoms with Crippen LogP contribution in [0.5, 0.6) is 0 Å². The summed E-state index contributed by atoms with van der Waals surface area (Å²) in [6.45, 7) is 0.524. The van der Waals surface area contributed by atoms with Crippen molar-refractivity contribution < 1.29 is 9.21 Å². The lowest BCUT2D eigenvalue weighted by atomic mass is 10.1. The van der Waals surface area contributed by atoms with E-state index < -0.39 is 0 Å². The van der Waals surface area contributed by atoms with Crippen LogP contribution < -0.4 is 10.6 Å². The number of rotatable bonds is 6. The number of hydrogen-bond donors (Lipinski definition) is 2. The summed E-state index contributed by atoms with van der Waals surface area (Å²) in [5.41, 5.74) is 0.923. The second-order valence-electron chi connectivity index (χ2n) is 5.09. The molecule has 0 aliphatic rings. The van der Waals surface area contributed by atoms with Crippen molar-refractivity contribution >= 4 is 33.5 Å². The lowest BCUT2D eigenvalue weighted by molar-refractivity contribution is -0.115. The number of nitrogens with one attached hydrogen (secondary N) is 2. The standard InChI is InChI=1S/C17H15BrN4O2/c18-13-4-1-3-12(9-13)10-17(23)20-16-7-6-15(21-22-16)19-11-14-5-2-8-24-14/h1-9H,10-11H2,(H,19,21)(H,20,22,23). The summed E-state index contributed by atoms with van der Waals surface area (Å²) in [5.74, 6) is 1.69. The number of aromatic nitrogens is 2. The van der Waals surface area contributed by atoms with Crippen molar-refractivity contribution in [2.24, 2.45) is 0 Å². The van der Waals surface area contributed by atoms with Crippen LogP contribution in [-0.4, -0.2) is 16.1 Å². The number of hydrogen-bond acceptors (Lipinski definition) is 5. The molecule has 7 heteroatoms. The number of carbonyl (C=O) groups excluding carboxylic acids is 1. The summed E-state index contributed by atoms with van der Waals surface area (Å²) in [7, 11) is 0. The molecule has 0 spiro atoms. The van der Waals surface area contributed by atoms with Crippen LogP contribution in [0.1, 0.15) is 11.3 Å². The van der Waals surface area contributed by atoms with Gasteiger partial charge in [0.05, 0.1) is 19.2 Å². The van der Waals surface area contributed by atoms with Crippen LogP contribution in [0.3, 0.4) is 0 Å². The fourth-order valence-electron chi connectivity index (χ4n) is 2.10. The van der Waals surface area contributed by atoms with Gasteiger partial charge in [0.2, 0.25) is 5.91 Å². The van der Waals surface area contributed by atoms with Crippen LogP contribution in [-0.2, 0) is 17.8 Å². The third-order valence-electron chi connectivity index (χ3n) is 3.21. The number of benzene rings is 1.